The highest BCUT2D eigenvalue weighted by Crippen LogP contribution is 2.44. The van der Waals surface area contributed by atoms with Crippen molar-refractivity contribution < 1.29 is 73.4 Å². The number of aryl methyl sites for hydroxylation is 1. The zero-order chi connectivity index (χ0) is 53.9. The first-order valence-electron chi connectivity index (χ1n) is 24.4. The number of fused-ring (bicyclic) bond motifs is 4. The molecule has 74 heavy (non-hydrogen) atoms. The molecule has 0 unspecified atom stereocenters. The quantitative estimate of drug-likeness (QED) is 0.0380. The number of rotatable bonds is 23. The van der Waals surface area contributed by atoms with Crippen molar-refractivity contribution in [2.75, 3.05) is 63.9 Å². The van der Waals surface area contributed by atoms with Gasteiger partial charge in [0, 0.05) is 66.7 Å². The predicted octanol–water partition coefficient (Wildman–Crippen LogP) is 9.14. The lowest BCUT2D eigenvalue weighted by Crippen LogP contribution is -2.45. The van der Waals surface area contributed by atoms with Gasteiger partial charge in [0.15, 0.2) is 23.0 Å². The molecule has 23 heteroatoms. The first kappa shape index (κ1) is 55.9. The molecule has 0 radical (unpaired) electrons. The van der Waals surface area contributed by atoms with E-state index in [9.17, 15) is 40.8 Å². The van der Waals surface area contributed by atoms with Crippen LogP contribution in [0.2, 0.25) is 51.4 Å². The molecule has 0 saturated carbocycles. The molecule has 0 spiro atoms. The summed E-state index contributed by atoms with van der Waals surface area (Å²) >= 11 is 0. The Morgan fingerprint density at radius 3 is 1.53 bits per heavy atom. The van der Waals surface area contributed by atoms with Crippen LogP contribution in [-0.2, 0) is 33.4 Å². The number of anilines is 2. The number of benzene rings is 3. The smallest absolute Gasteiger partial charge is 0.493 e. The van der Waals surface area contributed by atoms with Gasteiger partial charge in [-0.1, -0.05) is 69.1 Å². The molecule has 402 valence electrons. The Labute approximate surface area is 432 Å². The summed E-state index contributed by atoms with van der Waals surface area (Å²) in [6.45, 7) is 16.0. The van der Waals surface area contributed by atoms with Crippen molar-refractivity contribution in [1.82, 2.24) is 9.80 Å². The Hall–Kier alpha value is -5.89. The van der Waals surface area contributed by atoms with E-state index in [1.54, 1.807) is 18.3 Å². The molecule has 4 aliphatic rings. The highest BCUT2D eigenvalue weighted by atomic mass is 32.2. The Bertz CT molecular complexity index is 2800. The normalized spacial score (nSPS) is 18.1. The van der Waals surface area contributed by atoms with E-state index in [1.165, 1.54) is 41.1 Å². The second-order valence-corrected chi connectivity index (χ2v) is 33.8. The molecule has 4 heterocycles. The number of halogens is 3. The van der Waals surface area contributed by atoms with Gasteiger partial charge in [-0.3, -0.25) is 33.9 Å². The third-order valence-electron chi connectivity index (χ3n) is 12.9. The van der Waals surface area contributed by atoms with Crippen molar-refractivity contribution in [3.63, 3.8) is 0 Å². The van der Waals surface area contributed by atoms with Crippen molar-refractivity contribution >= 4 is 66.8 Å². The van der Waals surface area contributed by atoms with Gasteiger partial charge in [0.1, 0.15) is 31.3 Å². The average Bonchev–Trinajstić information content (AvgIpc) is 3.94. The van der Waals surface area contributed by atoms with E-state index in [0.29, 0.717) is 49.5 Å². The first-order valence-corrected chi connectivity index (χ1v) is 33.3. The molecular formula is C51H65F3N4O13SSi2. The molecule has 4 amide bonds. The molecule has 4 aliphatic heterocycles. The number of ether oxygens (including phenoxy) is 6. The van der Waals surface area contributed by atoms with Crippen LogP contribution < -0.4 is 28.7 Å². The number of amides is 4. The summed E-state index contributed by atoms with van der Waals surface area (Å²) in [7, 11) is -6.27. The summed E-state index contributed by atoms with van der Waals surface area (Å²) in [5.74, 6) is -1.93. The van der Waals surface area contributed by atoms with Crippen LogP contribution in [-0.4, -0.2) is 130 Å². The van der Waals surface area contributed by atoms with Gasteiger partial charge >= 0.3 is 15.6 Å². The van der Waals surface area contributed by atoms with Gasteiger partial charge in [0.25, 0.3) is 23.6 Å². The summed E-state index contributed by atoms with van der Waals surface area (Å²) < 4.78 is 104. The molecule has 0 N–H and O–H groups in total. The van der Waals surface area contributed by atoms with Gasteiger partial charge in [-0.25, -0.2) is 0 Å². The van der Waals surface area contributed by atoms with Crippen LogP contribution in [0.15, 0.2) is 66.7 Å². The van der Waals surface area contributed by atoms with Crippen molar-refractivity contribution in [3.8, 4) is 23.0 Å². The predicted molar refractivity (Wildman–Crippen MR) is 276 cm³/mol. The zero-order valence-electron chi connectivity index (χ0n) is 43.3. The van der Waals surface area contributed by atoms with Crippen LogP contribution >= 0.6 is 0 Å². The molecule has 0 bridgehead atoms. The summed E-state index contributed by atoms with van der Waals surface area (Å²) in [6, 6.07) is 13.5. The third kappa shape index (κ3) is 12.8. The van der Waals surface area contributed by atoms with Gasteiger partial charge < -0.3 is 37.5 Å². The number of unbranched alkanes of at least 4 members (excludes halogenated alkanes) is 2. The van der Waals surface area contributed by atoms with Crippen molar-refractivity contribution in [2.45, 2.75) is 108 Å². The number of hydrogen-bond acceptors (Lipinski definition) is 13. The summed E-state index contributed by atoms with van der Waals surface area (Å²) in [5, 5.41) is 0. The summed E-state index contributed by atoms with van der Waals surface area (Å²) in [4.78, 5) is 62.2. The number of alkyl halides is 3. The molecule has 0 aliphatic carbocycles. The van der Waals surface area contributed by atoms with Crippen LogP contribution in [0.4, 0.5) is 24.5 Å². The van der Waals surface area contributed by atoms with Crippen LogP contribution in [0.25, 0.3) is 5.57 Å². The number of carbonyl (C=O) groups is 4. The standard InChI is InChI=1S/C51H65F3N4O13SSi2/c1-33-13-15-34(16-14-33)35-23-41-49(61)57(31-67-19-21-73(4,5)6)39-27-45(43(65-2)25-37(39)47(59)55(41)29-35)69-17-11-10-12-18-70-46-28-40-38(26-44(46)66-3)48(60)56-30-36(71-72(63,64)51(52,53)54)24-42(56)50(62)58(40)32-68-20-22-74(7,8)9/h13-16,25-30,41-42H,10-12,17-24,31-32H2,1-9H3/t41-,42-/m0/s1. The molecule has 7 rings (SSSR count). The van der Waals surface area contributed by atoms with E-state index in [-0.39, 0.29) is 73.4 Å². The lowest BCUT2D eigenvalue weighted by Gasteiger charge is -2.27. The monoisotopic (exact) mass is 1090 g/mol. The van der Waals surface area contributed by atoms with Gasteiger partial charge in [0.05, 0.1) is 49.9 Å². The molecule has 0 aromatic heterocycles. The third-order valence-corrected chi connectivity index (χ3v) is 17.3. The molecule has 2 atom stereocenters. The van der Waals surface area contributed by atoms with Gasteiger partial charge in [-0.05, 0) is 61.5 Å². The van der Waals surface area contributed by atoms with Crippen molar-refractivity contribution in [2.24, 2.45) is 0 Å². The summed E-state index contributed by atoms with van der Waals surface area (Å²) in [5.41, 5.74) is -2.16. The minimum absolute atomic E-state index is 0.0547. The van der Waals surface area contributed by atoms with E-state index in [0.717, 1.165) is 39.9 Å². The minimum atomic E-state index is -6.08. The fourth-order valence-corrected chi connectivity index (χ4v) is 10.6. The molecule has 17 nitrogen and oxygen atoms in total. The first-order chi connectivity index (χ1) is 34.8. The number of hydrogen-bond donors (Lipinski definition) is 0. The van der Waals surface area contributed by atoms with E-state index in [4.69, 9.17) is 28.4 Å². The number of methoxy groups -OCH3 is 2. The molecule has 0 saturated heterocycles. The molecule has 0 fully saturated rings. The van der Waals surface area contributed by atoms with E-state index < -0.39 is 67.9 Å². The van der Waals surface area contributed by atoms with Crippen molar-refractivity contribution in [1.29, 1.82) is 0 Å². The van der Waals surface area contributed by atoms with Crippen LogP contribution in [0.3, 0.4) is 0 Å². The number of carbonyl (C=O) groups excluding carboxylic acids is 4. The lowest BCUT2D eigenvalue weighted by atomic mass is 10.0. The Balaban J connectivity index is 1.04. The maximum atomic E-state index is 14.5. The Kier molecular flexibility index (Phi) is 17.0. The summed E-state index contributed by atoms with van der Waals surface area (Å²) in [6.07, 6.45) is 3.96. The van der Waals surface area contributed by atoms with E-state index >= 15 is 0 Å². The second kappa shape index (κ2) is 22.5. The maximum Gasteiger partial charge on any atom is 0.534 e. The Morgan fingerprint density at radius 1 is 0.622 bits per heavy atom. The van der Waals surface area contributed by atoms with E-state index in [1.807, 2.05) is 31.2 Å². The van der Waals surface area contributed by atoms with Gasteiger partial charge in [-0.15, -0.1) is 0 Å². The topological polar surface area (TPSA) is 180 Å². The van der Waals surface area contributed by atoms with Crippen LogP contribution in [0, 0.1) is 6.92 Å². The fraction of sp³-hybridized carbons (Fsp3) is 0.490. The number of nitrogens with zero attached hydrogens (tertiary/aromatic N) is 4. The SMILES string of the molecule is COc1cc2c(cc1OCCCCCOc1cc3c(cc1OC)C(=O)N1C=C(c4ccc(C)cc4)C[C@H]1C(=O)N3COCC[Si](C)(C)C)N(COCC[Si](C)(C)C)C(=O)[C@@H]1CC(OS(=O)(=O)C(F)(F)F)=CN1C2=O. The highest BCUT2D eigenvalue weighted by Gasteiger charge is 2.51. The van der Waals surface area contributed by atoms with Crippen LogP contribution in [0.5, 0.6) is 23.0 Å². The van der Waals surface area contributed by atoms with Gasteiger partial charge in [0.2, 0.25) is 0 Å². The van der Waals surface area contributed by atoms with E-state index in [2.05, 4.69) is 43.5 Å². The largest absolute Gasteiger partial charge is 0.534 e. The fourth-order valence-electron chi connectivity index (χ4n) is 8.61. The molecule has 3 aromatic rings. The minimum Gasteiger partial charge on any atom is -0.493 e. The lowest BCUT2D eigenvalue weighted by molar-refractivity contribution is -0.123. The zero-order valence-corrected chi connectivity index (χ0v) is 46.1. The molecule has 3 aromatic carbocycles. The average molecular weight is 1090 g/mol. The van der Waals surface area contributed by atoms with Gasteiger partial charge in [-0.2, -0.15) is 21.6 Å². The highest BCUT2D eigenvalue weighted by molar-refractivity contribution is 7.87. The Morgan fingerprint density at radius 2 is 1.08 bits per heavy atom. The molecular weight excluding hydrogens is 1020 g/mol. The second-order valence-electron chi connectivity index (χ2n) is 21.0. The van der Waals surface area contributed by atoms with Crippen LogP contribution in [0.1, 0.15) is 63.9 Å². The maximum absolute atomic E-state index is 14.5. The van der Waals surface area contributed by atoms with Crippen molar-refractivity contribution in [3.05, 3.63) is 88.9 Å².